The van der Waals surface area contributed by atoms with E-state index in [0.717, 1.165) is 11.8 Å². The fourth-order valence-corrected chi connectivity index (χ4v) is 3.74. The van der Waals surface area contributed by atoms with Crippen molar-refractivity contribution in [3.05, 3.63) is 0 Å². The van der Waals surface area contributed by atoms with Crippen LogP contribution in [-0.2, 0) is 0 Å². The Morgan fingerprint density at radius 2 is 0.600 bits per heavy atom. The minimum absolute atomic E-state index is 1.11. The third-order valence-electron chi connectivity index (χ3n) is 4.72. The Kier molecular flexibility index (Phi) is 5.02. The first-order chi connectivity index (χ1) is 7.47. The van der Waals surface area contributed by atoms with Gasteiger partial charge in [-0.05, 0) is 11.8 Å². The van der Waals surface area contributed by atoms with Gasteiger partial charge in [0.05, 0.1) is 0 Å². The average molecular weight is 208 g/mol. The van der Waals surface area contributed by atoms with Crippen molar-refractivity contribution in [1.82, 2.24) is 0 Å². The standard InChI is InChI=1S/C15H28/c1-2-6-10-14-12-8-4-5-9-13-15(14)11-7-3-1/h14-15H,1-13H2. The van der Waals surface area contributed by atoms with Crippen LogP contribution in [0, 0.1) is 11.8 Å². The number of hydrogen-bond donors (Lipinski definition) is 0. The largest absolute Gasteiger partial charge is 0.0533 e. The predicted octanol–water partition coefficient (Wildman–Crippen LogP) is 5.32. The van der Waals surface area contributed by atoms with Gasteiger partial charge in [-0.1, -0.05) is 83.5 Å². The molecule has 0 heteroatoms. The van der Waals surface area contributed by atoms with Crippen molar-refractivity contribution in [3.63, 3.8) is 0 Å². The molecule has 0 bridgehead atoms. The maximum Gasteiger partial charge on any atom is -0.0386 e. The van der Waals surface area contributed by atoms with E-state index in [9.17, 15) is 0 Å². The molecule has 0 saturated heterocycles. The Bertz CT molecular complexity index is 143. The number of hydrogen-bond acceptors (Lipinski definition) is 0. The molecule has 0 aromatic heterocycles. The molecule has 0 radical (unpaired) electrons. The van der Waals surface area contributed by atoms with Gasteiger partial charge in [0.25, 0.3) is 0 Å². The summed E-state index contributed by atoms with van der Waals surface area (Å²) in [7, 11) is 0. The maximum absolute atomic E-state index is 1.56. The highest BCUT2D eigenvalue weighted by molar-refractivity contribution is 4.74. The number of rotatable bonds is 0. The second kappa shape index (κ2) is 6.55. The van der Waals surface area contributed by atoms with Crippen LogP contribution in [0.2, 0.25) is 0 Å². The molecule has 0 N–H and O–H groups in total. The highest BCUT2D eigenvalue weighted by Crippen LogP contribution is 2.36. The molecule has 2 saturated carbocycles. The monoisotopic (exact) mass is 208 g/mol. The van der Waals surface area contributed by atoms with Gasteiger partial charge in [0.2, 0.25) is 0 Å². The fraction of sp³-hybridized carbons (Fsp3) is 1.00. The van der Waals surface area contributed by atoms with Crippen LogP contribution in [0.25, 0.3) is 0 Å². The molecule has 15 heavy (non-hydrogen) atoms. The van der Waals surface area contributed by atoms with E-state index < -0.39 is 0 Å². The van der Waals surface area contributed by atoms with Crippen LogP contribution >= 0.6 is 0 Å². The van der Waals surface area contributed by atoms with Gasteiger partial charge in [0.15, 0.2) is 0 Å². The van der Waals surface area contributed by atoms with Crippen molar-refractivity contribution in [1.29, 1.82) is 0 Å². The zero-order valence-corrected chi connectivity index (χ0v) is 10.3. The lowest BCUT2D eigenvalue weighted by Crippen LogP contribution is -2.16. The van der Waals surface area contributed by atoms with Crippen molar-refractivity contribution >= 4 is 0 Å². The van der Waals surface area contributed by atoms with E-state index in [-0.39, 0.29) is 0 Å². The summed E-state index contributed by atoms with van der Waals surface area (Å²) in [5.41, 5.74) is 0. The Balaban J connectivity index is 1.90. The molecular formula is C15H28. The second-order valence-electron chi connectivity index (χ2n) is 5.86. The first-order valence-corrected chi connectivity index (χ1v) is 7.47. The summed E-state index contributed by atoms with van der Waals surface area (Å²) >= 11 is 0. The molecule has 0 aromatic carbocycles. The highest BCUT2D eigenvalue weighted by atomic mass is 14.3. The van der Waals surface area contributed by atoms with Crippen LogP contribution in [0.1, 0.15) is 83.5 Å². The molecule has 2 fully saturated rings. The summed E-state index contributed by atoms with van der Waals surface area (Å²) in [5.74, 6) is 2.23. The molecule has 0 nitrogen and oxygen atoms in total. The van der Waals surface area contributed by atoms with Crippen LogP contribution in [0.5, 0.6) is 0 Å². The first-order valence-electron chi connectivity index (χ1n) is 7.47. The van der Waals surface area contributed by atoms with E-state index in [2.05, 4.69) is 0 Å². The highest BCUT2D eigenvalue weighted by Gasteiger charge is 2.22. The molecule has 0 amide bonds. The van der Waals surface area contributed by atoms with Crippen LogP contribution < -0.4 is 0 Å². The van der Waals surface area contributed by atoms with Crippen LogP contribution in [0.15, 0.2) is 0 Å². The maximum atomic E-state index is 1.56. The number of fused-ring (bicyclic) bond motifs is 1. The molecule has 2 rings (SSSR count). The minimum atomic E-state index is 1.11. The summed E-state index contributed by atoms with van der Waals surface area (Å²) < 4.78 is 0. The van der Waals surface area contributed by atoms with Crippen molar-refractivity contribution < 1.29 is 0 Å². The zero-order valence-electron chi connectivity index (χ0n) is 10.3. The molecular weight excluding hydrogens is 180 g/mol. The minimum Gasteiger partial charge on any atom is -0.0533 e. The van der Waals surface area contributed by atoms with E-state index >= 15 is 0 Å². The summed E-state index contributed by atoms with van der Waals surface area (Å²) in [6.45, 7) is 0. The van der Waals surface area contributed by atoms with E-state index in [1.165, 1.54) is 57.8 Å². The van der Waals surface area contributed by atoms with Gasteiger partial charge in [-0.3, -0.25) is 0 Å². The second-order valence-corrected chi connectivity index (χ2v) is 5.86. The first kappa shape index (κ1) is 11.5. The van der Waals surface area contributed by atoms with Gasteiger partial charge in [0, 0.05) is 0 Å². The third-order valence-corrected chi connectivity index (χ3v) is 4.72. The van der Waals surface area contributed by atoms with Gasteiger partial charge < -0.3 is 0 Å². The van der Waals surface area contributed by atoms with E-state index in [1.54, 1.807) is 25.7 Å². The van der Waals surface area contributed by atoms with E-state index in [1.807, 2.05) is 0 Å². The Morgan fingerprint density at radius 3 is 0.933 bits per heavy atom. The zero-order chi connectivity index (χ0) is 10.3. The van der Waals surface area contributed by atoms with E-state index in [0.29, 0.717) is 0 Å². The molecule has 2 unspecified atom stereocenters. The van der Waals surface area contributed by atoms with Gasteiger partial charge in [-0.2, -0.15) is 0 Å². The van der Waals surface area contributed by atoms with Crippen molar-refractivity contribution in [2.45, 2.75) is 83.5 Å². The van der Waals surface area contributed by atoms with Gasteiger partial charge in [0.1, 0.15) is 0 Å². The van der Waals surface area contributed by atoms with Gasteiger partial charge in [-0.15, -0.1) is 0 Å². The lowest BCUT2D eigenvalue weighted by molar-refractivity contribution is 0.231. The molecule has 2 aliphatic rings. The quantitative estimate of drug-likeness (QED) is 0.505. The van der Waals surface area contributed by atoms with Crippen molar-refractivity contribution in [3.8, 4) is 0 Å². The summed E-state index contributed by atoms with van der Waals surface area (Å²) in [4.78, 5) is 0. The van der Waals surface area contributed by atoms with Crippen LogP contribution in [-0.4, -0.2) is 0 Å². The van der Waals surface area contributed by atoms with E-state index in [4.69, 9.17) is 0 Å². The van der Waals surface area contributed by atoms with Gasteiger partial charge >= 0.3 is 0 Å². The molecule has 0 aromatic rings. The third kappa shape index (κ3) is 3.81. The summed E-state index contributed by atoms with van der Waals surface area (Å²) in [5, 5.41) is 0. The molecule has 88 valence electrons. The summed E-state index contributed by atoms with van der Waals surface area (Å²) in [6.07, 6.45) is 19.9. The molecule has 0 heterocycles. The smallest absolute Gasteiger partial charge is 0.0386 e. The normalized spacial score (nSPS) is 35.2. The molecule has 2 aliphatic carbocycles. The average Bonchev–Trinajstić information content (AvgIpc) is 2.31. The lowest BCUT2D eigenvalue weighted by atomic mass is 9.77. The predicted molar refractivity (Wildman–Crippen MR) is 67.0 cm³/mol. The van der Waals surface area contributed by atoms with Crippen LogP contribution in [0.4, 0.5) is 0 Å². The van der Waals surface area contributed by atoms with Crippen LogP contribution in [0.3, 0.4) is 0 Å². The van der Waals surface area contributed by atoms with Crippen molar-refractivity contribution in [2.75, 3.05) is 0 Å². The Labute approximate surface area is 95.8 Å². The Morgan fingerprint density at radius 1 is 0.333 bits per heavy atom. The molecule has 2 atom stereocenters. The summed E-state index contributed by atoms with van der Waals surface area (Å²) in [6, 6.07) is 0. The molecule has 0 aliphatic heterocycles. The lowest BCUT2D eigenvalue weighted by Gasteiger charge is -2.29. The topological polar surface area (TPSA) is 0 Å². The van der Waals surface area contributed by atoms with Gasteiger partial charge in [-0.25, -0.2) is 0 Å². The molecule has 0 spiro atoms. The Hall–Kier alpha value is 0. The van der Waals surface area contributed by atoms with Crippen molar-refractivity contribution in [2.24, 2.45) is 11.8 Å². The SMILES string of the molecule is C1CCCC2CCCCCCC2CCC1. The fourth-order valence-electron chi connectivity index (χ4n) is 3.74.